The smallest absolute Gasteiger partial charge is 0.145 e. The fourth-order valence-corrected chi connectivity index (χ4v) is 5.43. The SMILES string of the molecule is C[Si](C)(C)CCOCn1ccc2c(-c3cn(C(CC#N)C4CCCC4)nc3CF)ncnc21. The maximum absolute atomic E-state index is 14.0. The Morgan fingerprint density at radius 3 is 2.76 bits per heavy atom. The van der Waals surface area contributed by atoms with Crippen molar-refractivity contribution in [1.82, 2.24) is 24.3 Å². The minimum atomic E-state index is -1.14. The molecule has 0 bridgehead atoms. The molecule has 3 aromatic rings. The van der Waals surface area contributed by atoms with Crippen molar-refractivity contribution >= 4 is 19.1 Å². The first-order valence-corrected chi connectivity index (χ1v) is 15.5. The Bertz CT molecular complexity index is 1120. The van der Waals surface area contributed by atoms with Crippen molar-refractivity contribution in [3.63, 3.8) is 0 Å². The second-order valence-corrected chi connectivity index (χ2v) is 15.8. The molecule has 9 heteroatoms. The molecule has 1 saturated carbocycles. The summed E-state index contributed by atoms with van der Waals surface area (Å²) in [6.45, 7) is 7.46. The molecule has 0 spiro atoms. The van der Waals surface area contributed by atoms with Crippen LogP contribution in [0.15, 0.2) is 24.8 Å². The number of nitrogens with zero attached hydrogens (tertiary/aromatic N) is 6. The lowest BCUT2D eigenvalue weighted by atomic mass is 9.96. The summed E-state index contributed by atoms with van der Waals surface area (Å²) < 4.78 is 23.7. The number of ether oxygens (including phenoxy) is 1. The zero-order valence-electron chi connectivity index (χ0n) is 19.8. The third-order valence-corrected chi connectivity index (χ3v) is 8.26. The summed E-state index contributed by atoms with van der Waals surface area (Å²) in [5.74, 6) is 0.407. The van der Waals surface area contributed by atoms with E-state index in [9.17, 15) is 9.65 Å². The van der Waals surface area contributed by atoms with Crippen molar-refractivity contribution in [1.29, 1.82) is 5.26 Å². The second-order valence-electron chi connectivity index (χ2n) is 10.2. The zero-order valence-corrected chi connectivity index (χ0v) is 20.8. The number of aromatic nitrogens is 5. The normalized spacial score (nSPS) is 15.8. The van der Waals surface area contributed by atoms with Crippen LogP contribution < -0.4 is 0 Å². The number of hydrogen-bond donors (Lipinski definition) is 0. The summed E-state index contributed by atoms with van der Waals surface area (Å²) >= 11 is 0. The first-order valence-electron chi connectivity index (χ1n) is 11.8. The Morgan fingerprint density at radius 2 is 2.06 bits per heavy atom. The quantitative estimate of drug-likeness (QED) is 0.281. The van der Waals surface area contributed by atoms with Crippen LogP contribution in [0.3, 0.4) is 0 Å². The third-order valence-electron chi connectivity index (χ3n) is 6.56. The van der Waals surface area contributed by atoms with Gasteiger partial charge in [0.25, 0.3) is 0 Å². The van der Waals surface area contributed by atoms with Crippen LogP contribution in [0.5, 0.6) is 0 Å². The molecule has 0 amide bonds. The lowest BCUT2D eigenvalue weighted by Gasteiger charge is -2.21. The van der Waals surface area contributed by atoms with Crippen LogP contribution in [0.1, 0.15) is 43.8 Å². The van der Waals surface area contributed by atoms with Crippen molar-refractivity contribution in [3.05, 3.63) is 30.5 Å². The van der Waals surface area contributed by atoms with Gasteiger partial charge in [-0.3, -0.25) is 4.68 Å². The number of rotatable bonds is 10. The van der Waals surface area contributed by atoms with E-state index in [1.54, 1.807) is 0 Å². The fourth-order valence-electron chi connectivity index (χ4n) is 4.67. The van der Waals surface area contributed by atoms with Gasteiger partial charge in [-0.15, -0.1) is 0 Å². The molecular weight excluding hydrogens is 435 g/mol. The highest BCUT2D eigenvalue weighted by atomic mass is 28.3. The highest BCUT2D eigenvalue weighted by Crippen LogP contribution is 2.37. The molecule has 1 aliphatic rings. The maximum Gasteiger partial charge on any atom is 0.145 e. The summed E-state index contributed by atoms with van der Waals surface area (Å²) in [7, 11) is -1.14. The minimum Gasteiger partial charge on any atom is -0.361 e. The van der Waals surface area contributed by atoms with Crippen molar-refractivity contribution in [2.45, 2.75) is 77.2 Å². The Labute approximate surface area is 195 Å². The molecule has 33 heavy (non-hydrogen) atoms. The van der Waals surface area contributed by atoms with Crippen LogP contribution in [-0.2, 0) is 18.1 Å². The Hall–Kier alpha value is -2.57. The van der Waals surface area contributed by atoms with Gasteiger partial charge in [0.2, 0.25) is 0 Å². The monoisotopic (exact) mass is 468 g/mol. The standard InChI is InChI=1S/C24H33FN6OSi/c1-33(2,3)13-12-32-17-30-11-9-19-23(27-16-28-24(19)30)20-15-31(29-21(20)14-25)22(8-10-26)18-6-4-5-7-18/h9,11,15-16,18,22H,4-8,12-14,17H2,1-3H3. The van der Waals surface area contributed by atoms with E-state index in [4.69, 9.17) is 4.74 Å². The predicted octanol–water partition coefficient (Wildman–Crippen LogP) is 5.72. The van der Waals surface area contributed by atoms with Crippen LogP contribution in [0.25, 0.3) is 22.3 Å². The van der Waals surface area contributed by atoms with E-state index < -0.39 is 14.7 Å². The highest BCUT2D eigenvalue weighted by Gasteiger charge is 2.28. The van der Waals surface area contributed by atoms with E-state index in [0.29, 0.717) is 36.0 Å². The third kappa shape index (κ3) is 5.33. The summed E-state index contributed by atoms with van der Waals surface area (Å²) in [4.78, 5) is 8.96. The van der Waals surface area contributed by atoms with Crippen molar-refractivity contribution in [2.75, 3.05) is 6.61 Å². The van der Waals surface area contributed by atoms with E-state index in [0.717, 1.165) is 36.5 Å². The molecule has 0 aliphatic heterocycles. The van der Waals surface area contributed by atoms with Gasteiger partial charge in [-0.1, -0.05) is 32.5 Å². The maximum atomic E-state index is 14.0. The Kier molecular flexibility index (Phi) is 7.25. The van der Waals surface area contributed by atoms with E-state index in [-0.39, 0.29) is 6.04 Å². The topological polar surface area (TPSA) is 81.5 Å². The predicted molar refractivity (Wildman–Crippen MR) is 129 cm³/mol. The molecule has 0 saturated heterocycles. The number of hydrogen-bond acceptors (Lipinski definition) is 5. The molecule has 0 radical (unpaired) electrons. The van der Waals surface area contributed by atoms with E-state index in [1.165, 1.54) is 19.2 Å². The van der Waals surface area contributed by atoms with Crippen LogP contribution >= 0.6 is 0 Å². The van der Waals surface area contributed by atoms with E-state index >= 15 is 0 Å². The number of nitriles is 1. The van der Waals surface area contributed by atoms with Gasteiger partial charge < -0.3 is 9.30 Å². The van der Waals surface area contributed by atoms with Gasteiger partial charge in [0.1, 0.15) is 31.1 Å². The molecule has 4 rings (SSSR count). The number of halogens is 1. The first-order chi connectivity index (χ1) is 15.9. The highest BCUT2D eigenvalue weighted by molar-refractivity contribution is 6.76. The Balaban J connectivity index is 1.62. The van der Waals surface area contributed by atoms with E-state index in [2.05, 4.69) is 40.8 Å². The molecule has 1 fully saturated rings. The van der Waals surface area contributed by atoms with Crippen molar-refractivity contribution < 1.29 is 9.13 Å². The van der Waals surface area contributed by atoms with Crippen LogP contribution in [0.4, 0.5) is 4.39 Å². The minimum absolute atomic E-state index is 0.0294. The first kappa shape index (κ1) is 23.6. The Morgan fingerprint density at radius 1 is 1.27 bits per heavy atom. The number of fused-ring (bicyclic) bond motifs is 1. The molecule has 1 aliphatic carbocycles. The van der Waals surface area contributed by atoms with Gasteiger partial charge in [-0.2, -0.15) is 10.4 Å². The van der Waals surface area contributed by atoms with Gasteiger partial charge in [-0.05, 0) is 30.9 Å². The summed E-state index contributed by atoms with van der Waals surface area (Å²) in [5.41, 5.74) is 2.45. The van der Waals surface area contributed by atoms with E-state index in [1.807, 2.05) is 27.7 Å². The van der Waals surface area contributed by atoms with Crippen LogP contribution in [-0.4, -0.2) is 39.0 Å². The van der Waals surface area contributed by atoms with Crippen molar-refractivity contribution in [2.24, 2.45) is 5.92 Å². The van der Waals surface area contributed by atoms with Crippen molar-refractivity contribution in [3.8, 4) is 17.3 Å². The lowest BCUT2D eigenvalue weighted by molar-refractivity contribution is 0.0899. The second kappa shape index (κ2) is 10.1. The molecule has 176 valence electrons. The summed E-state index contributed by atoms with van der Waals surface area (Å²) in [6, 6.07) is 5.33. The van der Waals surface area contributed by atoms with Gasteiger partial charge in [-0.25, -0.2) is 14.4 Å². The molecule has 1 unspecified atom stereocenters. The molecule has 7 nitrogen and oxygen atoms in total. The fraction of sp³-hybridized carbons (Fsp3) is 0.583. The van der Waals surface area contributed by atoms with Gasteiger partial charge in [0.05, 0.1) is 24.2 Å². The molecular formula is C24H33FN6OSi. The molecule has 0 N–H and O–H groups in total. The molecule has 3 aromatic heterocycles. The molecule has 1 atom stereocenters. The lowest BCUT2D eigenvalue weighted by Crippen LogP contribution is -2.22. The van der Waals surface area contributed by atoms with Gasteiger partial charge >= 0.3 is 0 Å². The largest absolute Gasteiger partial charge is 0.361 e. The van der Waals surface area contributed by atoms with Gasteiger partial charge in [0.15, 0.2) is 0 Å². The average molecular weight is 469 g/mol. The summed E-state index contributed by atoms with van der Waals surface area (Å²) in [5, 5.41) is 14.8. The van der Waals surface area contributed by atoms with Gasteiger partial charge in [0, 0.05) is 38.0 Å². The molecule has 3 heterocycles. The summed E-state index contributed by atoms with van der Waals surface area (Å²) in [6.07, 6.45) is 10.2. The van der Waals surface area contributed by atoms with Crippen LogP contribution in [0, 0.1) is 17.2 Å². The number of alkyl halides is 1. The average Bonchev–Trinajstić information content (AvgIpc) is 3.54. The van der Waals surface area contributed by atoms with Crippen LogP contribution in [0.2, 0.25) is 25.7 Å². The zero-order chi connectivity index (χ0) is 23.4. The molecule has 0 aromatic carbocycles.